The monoisotopic (exact) mass is 324 g/mol. The van der Waals surface area contributed by atoms with E-state index in [4.69, 9.17) is 9.84 Å². The predicted octanol–water partition coefficient (Wildman–Crippen LogP) is 3.43. The number of amides is 1. The molecule has 7 nitrogen and oxygen atoms in total. The topological polar surface area (TPSA) is 102 Å². The molecule has 0 bridgehead atoms. The van der Waals surface area contributed by atoms with Crippen LogP contribution in [0.3, 0.4) is 0 Å². The largest absolute Gasteiger partial charge is 0.465 e. The van der Waals surface area contributed by atoms with Crippen LogP contribution in [0.5, 0.6) is 11.5 Å². The Balaban J connectivity index is 2.30. The van der Waals surface area contributed by atoms with E-state index in [1.165, 1.54) is 12.1 Å². The Kier molecular flexibility index (Phi) is 4.69. The number of nitrogens with one attached hydrogen (secondary N) is 1. The van der Waals surface area contributed by atoms with Crippen molar-refractivity contribution in [1.82, 2.24) is 5.32 Å². The van der Waals surface area contributed by atoms with Crippen molar-refractivity contribution in [2.75, 3.05) is 0 Å². The average molecular weight is 324 g/mol. The fraction of sp³-hybridized carbons (Fsp3) is 0.0714. The van der Waals surface area contributed by atoms with E-state index in [-0.39, 0.29) is 29.3 Å². The predicted molar refractivity (Wildman–Crippen MR) is 74.4 cm³/mol. The molecule has 0 saturated heterocycles. The molecule has 2 rings (SSSR count). The molecule has 0 aliphatic carbocycles. The Bertz CT molecular complexity index is 747. The minimum absolute atomic E-state index is 0.0479. The highest BCUT2D eigenvalue weighted by atomic mass is 19.1. The molecular formula is C14H10F2N2O5. The lowest BCUT2D eigenvalue weighted by atomic mass is 10.1. The van der Waals surface area contributed by atoms with Crippen LogP contribution in [0.25, 0.3) is 0 Å². The van der Waals surface area contributed by atoms with Gasteiger partial charge in [-0.05, 0) is 12.1 Å². The Labute approximate surface area is 128 Å². The fourth-order valence-corrected chi connectivity index (χ4v) is 1.84. The number of carboxylic acid groups (broad SMARTS) is 1. The molecule has 0 aliphatic heterocycles. The number of nitrogens with zero attached hydrogens (tertiary/aromatic N) is 1. The Morgan fingerprint density at radius 3 is 2.39 bits per heavy atom. The highest BCUT2D eigenvalue weighted by Gasteiger charge is 2.16. The maximum atomic E-state index is 13.1. The van der Waals surface area contributed by atoms with E-state index in [0.29, 0.717) is 6.07 Å². The van der Waals surface area contributed by atoms with Crippen LogP contribution in [0.15, 0.2) is 36.4 Å². The zero-order valence-electron chi connectivity index (χ0n) is 11.5. The second-order valence-electron chi connectivity index (χ2n) is 4.41. The maximum absolute atomic E-state index is 13.1. The molecule has 0 saturated carbocycles. The van der Waals surface area contributed by atoms with Gasteiger partial charge in [0.1, 0.15) is 23.1 Å². The maximum Gasteiger partial charge on any atom is 0.404 e. The highest BCUT2D eigenvalue weighted by Crippen LogP contribution is 2.28. The van der Waals surface area contributed by atoms with Gasteiger partial charge in [-0.1, -0.05) is 0 Å². The molecule has 0 spiro atoms. The number of carbonyl (C=O) groups is 1. The van der Waals surface area contributed by atoms with Crippen molar-refractivity contribution in [1.29, 1.82) is 0 Å². The summed E-state index contributed by atoms with van der Waals surface area (Å²) in [7, 11) is 0. The summed E-state index contributed by atoms with van der Waals surface area (Å²) >= 11 is 0. The number of ether oxygens (including phenoxy) is 1. The normalized spacial score (nSPS) is 10.2. The van der Waals surface area contributed by atoms with Gasteiger partial charge >= 0.3 is 6.09 Å². The first-order valence-electron chi connectivity index (χ1n) is 6.23. The zero-order chi connectivity index (χ0) is 17.0. The third-order valence-corrected chi connectivity index (χ3v) is 2.75. The first kappa shape index (κ1) is 16.1. The molecule has 23 heavy (non-hydrogen) atoms. The molecule has 2 N–H and O–H groups in total. The summed E-state index contributed by atoms with van der Waals surface area (Å²) in [4.78, 5) is 20.7. The van der Waals surface area contributed by atoms with Gasteiger partial charge in [-0.15, -0.1) is 0 Å². The standard InChI is InChI=1S/C14H10F2N2O5/c15-9-4-10(16)6-12(5-9)23-11-1-2-13(18(21)22)8(3-11)7-17-14(19)20/h1-6,17H,7H2,(H,19,20). The van der Waals surface area contributed by atoms with Gasteiger partial charge in [0.2, 0.25) is 0 Å². The second kappa shape index (κ2) is 6.69. The molecule has 0 unspecified atom stereocenters. The van der Waals surface area contributed by atoms with E-state index in [9.17, 15) is 23.7 Å². The van der Waals surface area contributed by atoms with Crippen molar-refractivity contribution in [3.8, 4) is 11.5 Å². The van der Waals surface area contributed by atoms with Crippen molar-refractivity contribution in [2.45, 2.75) is 6.54 Å². The van der Waals surface area contributed by atoms with E-state index in [0.717, 1.165) is 18.2 Å². The van der Waals surface area contributed by atoms with E-state index in [1.54, 1.807) is 0 Å². The van der Waals surface area contributed by atoms with Crippen molar-refractivity contribution in [3.63, 3.8) is 0 Å². The molecule has 2 aromatic rings. The lowest BCUT2D eigenvalue weighted by Crippen LogP contribution is -2.20. The van der Waals surface area contributed by atoms with Gasteiger partial charge in [0.05, 0.1) is 17.0 Å². The van der Waals surface area contributed by atoms with E-state index >= 15 is 0 Å². The molecule has 0 heterocycles. The fourth-order valence-electron chi connectivity index (χ4n) is 1.84. The molecule has 0 radical (unpaired) electrons. The Morgan fingerprint density at radius 2 is 1.83 bits per heavy atom. The van der Waals surface area contributed by atoms with E-state index in [2.05, 4.69) is 0 Å². The van der Waals surface area contributed by atoms with Crippen molar-refractivity contribution in [2.24, 2.45) is 0 Å². The Morgan fingerprint density at radius 1 is 1.17 bits per heavy atom. The average Bonchev–Trinajstić information content (AvgIpc) is 2.43. The van der Waals surface area contributed by atoms with Gasteiger partial charge in [-0.25, -0.2) is 13.6 Å². The summed E-state index contributed by atoms with van der Waals surface area (Å²) in [6.45, 7) is -0.319. The van der Waals surface area contributed by atoms with Crippen LogP contribution in [-0.2, 0) is 6.54 Å². The van der Waals surface area contributed by atoms with Gasteiger partial charge in [0.15, 0.2) is 0 Å². The second-order valence-corrected chi connectivity index (χ2v) is 4.41. The Hall–Kier alpha value is -3.23. The minimum atomic E-state index is -1.35. The van der Waals surface area contributed by atoms with Crippen LogP contribution in [0.1, 0.15) is 5.56 Å². The molecule has 0 aliphatic rings. The lowest BCUT2D eigenvalue weighted by molar-refractivity contribution is -0.385. The van der Waals surface area contributed by atoms with Crippen LogP contribution in [-0.4, -0.2) is 16.1 Å². The molecular weight excluding hydrogens is 314 g/mol. The smallest absolute Gasteiger partial charge is 0.404 e. The molecule has 0 fully saturated rings. The summed E-state index contributed by atoms with van der Waals surface area (Å²) in [5.74, 6) is -1.74. The number of nitro groups is 1. The van der Waals surface area contributed by atoms with Crippen molar-refractivity contribution in [3.05, 3.63) is 63.7 Å². The van der Waals surface area contributed by atoms with Gasteiger partial charge in [0, 0.05) is 24.3 Å². The summed E-state index contributed by atoms with van der Waals surface area (Å²) in [5.41, 5.74) is -0.261. The van der Waals surface area contributed by atoms with Gasteiger partial charge in [0.25, 0.3) is 5.69 Å². The lowest BCUT2D eigenvalue weighted by Gasteiger charge is -2.09. The van der Waals surface area contributed by atoms with Crippen molar-refractivity contribution >= 4 is 11.8 Å². The summed E-state index contributed by atoms with van der Waals surface area (Å²) in [6.07, 6.45) is -1.35. The molecule has 2 aromatic carbocycles. The number of hydrogen-bond acceptors (Lipinski definition) is 4. The molecule has 9 heteroatoms. The van der Waals surface area contributed by atoms with Gasteiger partial charge in [-0.3, -0.25) is 10.1 Å². The number of nitro benzene ring substituents is 1. The third kappa shape index (κ3) is 4.37. The summed E-state index contributed by atoms with van der Waals surface area (Å²) < 4.78 is 31.5. The van der Waals surface area contributed by atoms with Gasteiger partial charge < -0.3 is 15.2 Å². The molecule has 120 valence electrons. The van der Waals surface area contributed by atoms with Crippen molar-refractivity contribution < 1.29 is 28.3 Å². The summed E-state index contributed by atoms with van der Waals surface area (Å²) in [6, 6.07) is 6.14. The summed E-state index contributed by atoms with van der Waals surface area (Å²) in [5, 5.41) is 21.5. The van der Waals surface area contributed by atoms with Crippen LogP contribution < -0.4 is 10.1 Å². The van der Waals surface area contributed by atoms with Gasteiger partial charge in [-0.2, -0.15) is 0 Å². The number of rotatable bonds is 5. The van der Waals surface area contributed by atoms with E-state index < -0.39 is 22.7 Å². The van der Waals surface area contributed by atoms with Crippen LogP contribution in [0.2, 0.25) is 0 Å². The van der Waals surface area contributed by atoms with Crippen LogP contribution in [0.4, 0.5) is 19.3 Å². The number of hydrogen-bond donors (Lipinski definition) is 2. The van der Waals surface area contributed by atoms with E-state index in [1.807, 2.05) is 5.32 Å². The first-order chi connectivity index (χ1) is 10.8. The first-order valence-corrected chi connectivity index (χ1v) is 6.23. The number of halogens is 2. The highest BCUT2D eigenvalue weighted by molar-refractivity contribution is 5.64. The molecule has 1 amide bonds. The third-order valence-electron chi connectivity index (χ3n) is 2.75. The zero-order valence-corrected chi connectivity index (χ0v) is 11.5. The number of benzene rings is 2. The molecule has 0 atom stereocenters. The molecule has 0 aromatic heterocycles. The quantitative estimate of drug-likeness (QED) is 0.648. The van der Waals surface area contributed by atoms with Crippen LogP contribution >= 0.6 is 0 Å². The van der Waals surface area contributed by atoms with Crippen LogP contribution in [0, 0.1) is 21.7 Å². The minimum Gasteiger partial charge on any atom is -0.465 e. The SMILES string of the molecule is O=C(O)NCc1cc(Oc2cc(F)cc(F)c2)ccc1[N+](=O)[O-].